The van der Waals surface area contributed by atoms with Crippen molar-refractivity contribution < 1.29 is 14.3 Å². The molecule has 0 aliphatic carbocycles. The third-order valence-electron chi connectivity index (χ3n) is 2.32. The Hall–Kier alpha value is -2.74. The van der Waals surface area contributed by atoms with Gasteiger partial charge in [0.25, 0.3) is 5.91 Å². The van der Waals surface area contributed by atoms with Crippen molar-refractivity contribution in [3.8, 4) is 0 Å². The first-order valence-electron chi connectivity index (χ1n) is 5.88. The van der Waals surface area contributed by atoms with E-state index in [4.69, 9.17) is 0 Å². The summed E-state index contributed by atoms with van der Waals surface area (Å²) in [6.45, 7) is 0. The maximum absolute atomic E-state index is 12.0. The number of hydrogen-bond acceptors (Lipinski definition) is 7. The van der Waals surface area contributed by atoms with E-state index < -0.39 is 17.6 Å². The van der Waals surface area contributed by atoms with Crippen LogP contribution < -0.4 is 10.7 Å². The standard InChI is InChI=1S/C13H12N4O3S/c1-20-12(19)10(11(18)15-13-14-7-8-21-13)17-16-9-5-3-2-4-6-9/h2-8,16H,1H3,(H,14,15,18)/b17-10-. The fourth-order valence-electron chi connectivity index (χ4n) is 1.36. The lowest BCUT2D eigenvalue weighted by molar-refractivity contribution is -0.133. The van der Waals surface area contributed by atoms with Gasteiger partial charge >= 0.3 is 5.97 Å². The van der Waals surface area contributed by atoms with E-state index in [-0.39, 0.29) is 0 Å². The highest BCUT2D eigenvalue weighted by Gasteiger charge is 2.22. The molecular formula is C13H12N4O3S. The number of rotatable bonds is 5. The van der Waals surface area contributed by atoms with E-state index in [0.29, 0.717) is 10.8 Å². The summed E-state index contributed by atoms with van der Waals surface area (Å²) in [5, 5.41) is 8.35. The Morgan fingerprint density at radius 2 is 2.05 bits per heavy atom. The number of nitrogens with one attached hydrogen (secondary N) is 2. The monoisotopic (exact) mass is 304 g/mol. The number of methoxy groups -OCH3 is 1. The Balaban J connectivity index is 2.14. The van der Waals surface area contributed by atoms with Gasteiger partial charge in [-0.3, -0.25) is 15.5 Å². The summed E-state index contributed by atoms with van der Waals surface area (Å²) in [5.74, 6) is -1.53. The first-order chi connectivity index (χ1) is 10.2. The quantitative estimate of drug-likeness (QED) is 0.380. The number of hydrogen-bond donors (Lipinski definition) is 2. The number of benzene rings is 1. The highest BCUT2D eigenvalue weighted by atomic mass is 32.1. The number of aromatic nitrogens is 1. The van der Waals surface area contributed by atoms with Crippen LogP contribution in [0.2, 0.25) is 0 Å². The number of thiazole rings is 1. The van der Waals surface area contributed by atoms with Crippen LogP contribution >= 0.6 is 11.3 Å². The normalized spacial score (nSPS) is 10.8. The average molecular weight is 304 g/mol. The Morgan fingerprint density at radius 3 is 2.67 bits per heavy atom. The fraction of sp³-hybridized carbons (Fsp3) is 0.0769. The van der Waals surface area contributed by atoms with Crippen LogP contribution in [0.5, 0.6) is 0 Å². The molecule has 2 aromatic rings. The van der Waals surface area contributed by atoms with Crippen LogP contribution in [-0.2, 0) is 14.3 Å². The van der Waals surface area contributed by atoms with Gasteiger partial charge in [-0.1, -0.05) is 18.2 Å². The number of nitrogens with zero attached hydrogens (tertiary/aromatic N) is 2. The third kappa shape index (κ3) is 4.11. The number of carbonyl (C=O) groups excluding carboxylic acids is 2. The van der Waals surface area contributed by atoms with Gasteiger partial charge in [-0.2, -0.15) is 5.10 Å². The molecule has 0 aliphatic rings. The number of anilines is 2. The molecular weight excluding hydrogens is 292 g/mol. The molecule has 0 spiro atoms. The number of esters is 1. The predicted octanol–water partition coefficient (Wildman–Crippen LogP) is 1.72. The zero-order valence-corrected chi connectivity index (χ0v) is 11.9. The first kappa shape index (κ1) is 14.7. The summed E-state index contributed by atoms with van der Waals surface area (Å²) in [5.41, 5.74) is 2.88. The van der Waals surface area contributed by atoms with Gasteiger partial charge in [0.15, 0.2) is 5.13 Å². The lowest BCUT2D eigenvalue weighted by Crippen LogP contribution is -2.31. The molecule has 1 heterocycles. The van der Waals surface area contributed by atoms with Crippen LogP contribution in [0.15, 0.2) is 47.0 Å². The van der Waals surface area contributed by atoms with E-state index in [1.165, 1.54) is 24.6 Å². The summed E-state index contributed by atoms with van der Waals surface area (Å²) in [6.07, 6.45) is 1.54. The summed E-state index contributed by atoms with van der Waals surface area (Å²) in [4.78, 5) is 27.5. The predicted molar refractivity (Wildman–Crippen MR) is 80.3 cm³/mol. The van der Waals surface area contributed by atoms with Gasteiger partial charge in [0.05, 0.1) is 12.8 Å². The van der Waals surface area contributed by atoms with Crippen molar-refractivity contribution in [1.29, 1.82) is 0 Å². The number of para-hydroxylation sites is 1. The lowest BCUT2D eigenvalue weighted by Gasteiger charge is -2.05. The molecule has 7 nitrogen and oxygen atoms in total. The summed E-state index contributed by atoms with van der Waals surface area (Å²) < 4.78 is 4.55. The number of amides is 1. The Labute approximate surface area is 124 Å². The zero-order valence-electron chi connectivity index (χ0n) is 11.1. The topological polar surface area (TPSA) is 92.7 Å². The minimum absolute atomic E-state index is 0.372. The van der Waals surface area contributed by atoms with Crippen molar-refractivity contribution in [3.63, 3.8) is 0 Å². The second-order valence-electron chi connectivity index (χ2n) is 3.72. The minimum atomic E-state index is -0.840. The van der Waals surface area contributed by atoms with Crippen molar-refractivity contribution in [1.82, 2.24) is 4.98 Å². The summed E-state index contributed by atoms with van der Waals surface area (Å²) >= 11 is 1.23. The fourth-order valence-corrected chi connectivity index (χ4v) is 1.88. The van der Waals surface area contributed by atoms with E-state index in [2.05, 4.69) is 25.6 Å². The molecule has 0 fully saturated rings. The van der Waals surface area contributed by atoms with Gasteiger partial charge in [0, 0.05) is 11.6 Å². The maximum atomic E-state index is 12.0. The molecule has 8 heteroatoms. The number of carbonyl (C=O) groups is 2. The van der Waals surface area contributed by atoms with Crippen LogP contribution in [0.25, 0.3) is 0 Å². The van der Waals surface area contributed by atoms with Gasteiger partial charge < -0.3 is 4.74 Å². The van der Waals surface area contributed by atoms with E-state index in [1.54, 1.807) is 29.6 Å². The van der Waals surface area contributed by atoms with Gasteiger partial charge in [-0.25, -0.2) is 9.78 Å². The lowest BCUT2D eigenvalue weighted by atomic mass is 10.3. The van der Waals surface area contributed by atoms with Gasteiger partial charge in [0.1, 0.15) is 0 Å². The number of hydrazone groups is 1. The van der Waals surface area contributed by atoms with E-state index in [1.807, 2.05) is 6.07 Å². The van der Waals surface area contributed by atoms with Gasteiger partial charge in [-0.05, 0) is 12.1 Å². The Kier molecular flexibility index (Phi) is 4.99. The second kappa shape index (κ2) is 7.15. The molecule has 0 unspecified atom stereocenters. The van der Waals surface area contributed by atoms with Crippen molar-refractivity contribution >= 4 is 39.7 Å². The van der Waals surface area contributed by atoms with Crippen molar-refractivity contribution in [2.45, 2.75) is 0 Å². The van der Waals surface area contributed by atoms with E-state index in [9.17, 15) is 9.59 Å². The van der Waals surface area contributed by atoms with Crippen molar-refractivity contribution in [2.24, 2.45) is 5.10 Å². The van der Waals surface area contributed by atoms with Gasteiger partial charge in [0.2, 0.25) is 5.71 Å². The highest BCUT2D eigenvalue weighted by molar-refractivity contribution is 7.13. The Bertz CT molecular complexity index is 641. The van der Waals surface area contributed by atoms with E-state index >= 15 is 0 Å². The van der Waals surface area contributed by atoms with E-state index in [0.717, 1.165) is 0 Å². The average Bonchev–Trinajstić information content (AvgIpc) is 3.01. The molecule has 1 amide bonds. The highest BCUT2D eigenvalue weighted by Crippen LogP contribution is 2.10. The molecule has 1 aromatic heterocycles. The molecule has 0 aliphatic heterocycles. The molecule has 0 saturated carbocycles. The minimum Gasteiger partial charge on any atom is -0.464 e. The SMILES string of the molecule is COC(=O)/C(=N\Nc1ccccc1)C(=O)Nc1nccs1. The van der Waals surface area contributed by atoms with Crippen LogP contribution in [-0.4, -0.2) is 29.7 Å². The first-order valence-corrected chi connectivity index (χ1v) is 6.76. The molecule has 108 valence electrons. The largest absolute Gasteiger partial charge is 0.464 e. The molecule has 0 radical (unpaired) electrons. The third-order valence-corrected chi connectivity index (χ3v) is 3.01. The molecule has 2 N–H and O–H groups in total. The summed E-state index contributed by atoms with van der Waals surface area (Å²) in [6, 6.07) is 8.93. The maximum Gasteiger partial charge on any atom is 0.364 e. The van der Waals surface area contributed by atoms with Crippen LogP contribution in [0, 0.1) is 0 Å². The van der Waals surface area contributed by atoms with Crippen LogP contribution in [0.3, 0.4) is 0 Å². The molecule has 0 bridgehead atoms. The van der Waals surface area contributed by atoms with Gasteiger partial charge in [-0.15, -0.1) is 11.3 Å². The molecule has 0 atom stereocenters. The van der Waals surface area contributed by atoms with Crippen LogP contribution in [0.1, 0.15) is 0 Å². The van der Waals surface area contributed by atoms with Crippen molar-refractivity contribution in [3.05, 3.63) is 41.9 Å². The van der Waals surface area contributed by atoms with Crippen LogP contribution in [0.4, 0.5) is 10.8 Å². The van der Waals surface area contributed by atoms with Crippen molar-refractivity contribution in [2.75, 3.05) is 17.9 Å². The molecule has 21 heavy (non-hydrogen) atoms. The molecule has 2 rings (SSSR count). The Morgan fingerprint density at radius 1 is 1.29 bits per heavy atom. The second-order valence-corrected chi connectivity index (χ2v) is 4.62. The summed E-state index contributed by atoms with van der Waals surface area (Å²) in [7, 11) is 1.18. The zero-order chi connectivity index (χ0) is 15.1. The smallest absolute Gasteiger partial charge is 0.364 e. The number of ether oxygens (including phenoxy) is 1. The molecule has 0 saturated heterocycles. The molecule has 1 aromatic carbocycles.